The summed E-state index contributed by atoms with van der Waals surface area (Å²) in [6.45, 7) is 1.29. The molecule has 0 aliphatic carbocycles. The van der Waals surface area contributed by atoms with Gasteiger partial charge in [-0.2, -0.15) is 0 Å². The Morgan fingerprint density at radius 1 is 1.46 bits per heavy atom. The van der Waals surface area contributed by atoms with Crippen LogP contribution in [0, 0.1) is 0 Å². The van der Waals surface area contributed by atoms with E-state index in [1.165, 1.54) is 6.92 Å². The highest BCUT2D eigenvalue weighted by Gasteiger charge is 2.06. The van der Waals surface area contributed by atoms with Gasteiger partial charge in [0.25, 0.3) is 0 Å². The largest absolute Gasteiger partial charge is 0.476 e. The van der Waals surface area contributed by atoms with E-state index in [9.17, 15) is 9.59 Å². The van der Waals surface area contributed by atoms with Crippen molar-refractivity contribution in [1.29, 1.82) is 0 Å². The van der Waals surface area contributed by atoms with E-state index in [1.54, 1.807) is 0 Å². The molecule has 7 nitrogen and oxygen atoms in total. The molecule has 0 spiro atoms. The summed E-state index contributed by atoms with van der Waals surface area (Å²) in [5.41, 5.74) is -0.269. The molecule has 0 atom stereocenters. The molecule has 0 aromatic carbocycles. The second-order valence-electron chi connectivity index (χ2n) is 2.15. The van der Waals surface area contributed by atoms with Crippen molar-refractivity contribution < 1.29 is 14.7 Å². The fourth-order valence-corrected chi connectivity index (χ4v) is 0.588. The van der Waals surface area contributed by atoms with E-state index >= 15 is 0 Å². The predicted molar refractivity (Wildman–Crippen MR) is 41.1 cm³/mol. The standard InChI is InChI=1S/C6H6N4O3/c1-3(11)8-6-7-2-4(5(12)13)9-10-6/h2H,1H3,(H,12,13)(H,7,8,10,11). The van der Waals surface area contributed by atoms with Crippen LogP contribution in [-0.2, 0) is 4.79 Å². The van der Waals surface area contributed by atoms with Crippen LogP contribution in [0.4, 0.5) is 5.95 Å². The normalized spacial score (nSPS) is 9.31. The Labute approximate surface area is 72.8 Å². The minimum absolute atomic E-state index is 0.0162. The molecule has 1 aromatic heterocycles. The molecule has 0 aliphatic rings. The van der Waals surface area contributed by atoms with E-state index in [0.717, 1.165) is 6.20 Å². The van der Waals surface area contributed by atoms with E-state index in [4.69, 9.17) is 5.11 Å². The molecule has 68 valence electrons. The second-order valence-corrected chi connectivity index (χ2v) is 2.15. The molecule has 1 rings (SSSR count). The lowest BCUT2D eigenvalue weighted by molar-refractivity contribution is -0.114. The van der Waals surface area contributed by atoms with Gasteiger partial charge >= 0.3 is 5.97 Å². The topological polar surface area (TPSA) is 105 Å². The number of carbonyl (C=O) groups is 2. The molecule has 0 fully saturated rings. The molecule has 1 heterocycles. The molecule has 0 aliphatic heterocycles. The molecule has 0 radical (unpaired) electrons. The molecule has 0 unspecified atom stereocenters. The van der Waals surface area contributed by atoms with Crippen molar-refractivity contribution >= 4 is 17.8 Å². The summed E-state index contributed by atoms with van der Waals surface area (Å²) in [4.78, 5) is 24.4. The number of aromatic nitrogens is 3. The van der Waals surface area contributed by atoms with Gasteiger partial charge in [-0.3, -0.25) is 10.1 Å². The van der Waals surface area contributed by atoms with Crippen LogP contribution < -0.4 is 5.32 Å². The second kappa shape index (κ2) is 3.57. The Morgan fingerprint density at radius 2 is 2.15 bits per heavy atom. The fraction of sp³-hybridized carbons (Fsp3) is 0.167. The average molecular weight is 182 g/mol. The summed E-state index contributed by atoms with van der Waals surface area (Å²) in [5.74, 6) is -1.57. The zero-order valence-corrected chi connectivity index (χ0v) is 6.68. The molecule has 2 N–H and O–H groups in total. The Bertz CT molecular complexity index is 334. The summed E-state index contributed by atoms with van der Waals surface area (Å²) in [7, 11) is 0. The number of carbonyl (C=O) groups excluding carboxylic acids is 1. The van der Waals surface area contributed by atoms with Crippen LogP contribution in [0.15, 0.2) is 6.20 Å². The Balaban J connectivity index is 2.81. The van der Waals surface area contributed by atoms with Gasteiger partial charge in [0.1, 0.15) is 0 Å². The fourth-order valence-electron chi connectivity index (χ4n) is 0.588. The number of aromatic carboxylic acids is 1. The number of nitrogens with one attached hydrogen (secondary N) is 1. The highest BCUT2D eigenvalue weighted by Crippen LogP contribution is 1.95. The maximum atomic E-state index is 10.5. The van der Waals surface area contributed by atoms with Crippen LogP contribution in [0.2, 0.25) is 0 Å². The first-order valence-corrected chi connectivity index (χ1v) is 3.30. The van der Waals surface area contributed by atoms with Gasteiger partial charge in [-0.05, 0) is 0 Å². The molecule has 7 heteroatoms. The number of carboxylic acid groups (broad SMARTS) is 1. The molecular formula is C6H6N4O3. The van der Waals surface area contributed by atoms with Crippen LogP contribution in [0.5, 0.6) is 0 Å². The Morgan fingerprint density at radius 3 is 2.54 bits per heavy atom. The van der Waals surface area contributed by atoms with E-state index in [1.807, 2.05) is 0 Å². The molecule has 1 aromatic rings. The zero-order chi connectivity index (χ0) is 9.84. The molecule has 0 saturated heterocycles. The third kappa shape index (κ3) is 2.47. The van der Waals surface area contributed by atoms with E-state index in [-0.39, 0.29) is 17.5 Å². The monoisotopic (exact) mass is 182 g/mol. The van der Waals surface area contributed by atoms with Gasteiger partial charge in [-0.15, -0.1) is 10.2 Å². The van der Waals surface area contributed by atoms with Gasteiger partial charge in [0, 0.05) is 6.92 Å². The van der Waals surface area contributed by atoms with Gasteiger partial charge in [0.15, 0.2) is 5.69 Å². The van der Waals surface area contributed by atoms with Crippen molar-refractivity contribution in [1.82, 2.24) is 15.2 Å². The molecular weight excluding hydrogens is 176 g/mol. The Hall–Kier alpha value is -2.05. The minimum atomic E-state index is -1.21. The lowest BCUT2D eigenvalue weighted by atomic mass is 10.5. The van der Waals surface area contributed by atoms with Crippen LogP contribution in [0.25, 0.3) is 0 Å². The van der Waals surface area contributed by atoms with Crippen molar-refractivity contribution in [3.8, 4) is 0 Å². The van der Waals surface area contributed by atoms with Gasteiger partial charge in [-0.25, -0.2) is 9.78 Å². The summed E-state index contributed by atoms with van der Waals surface area (Å²) in [5, 5.41) is 17.4. The number of hydrogen-bond donors (Lipinski definition) is 2. The number of nitrogens with zero attached hydrogens (tertiary/aromatic N) is 3. The third-order valence-electron chi connectivity index (χ3n) is 1.07. The SMILES string of the molecule is CC(=O)Nc1ncc(C(=O)O)nn1. The minimum Gasteiger partial charge on any atom is -0.476 e. The molecule has 1 amide bonds. The van der Waals surface area contributed by atoms with E-state index < -0.39 is 5.97 Å². The van der Waals surface area contributed by atoms with Gasteiger partial charge in [0.05, 0.1) is 6.20 Å². The first-order valence-electron chi connectivity index (χ1n) is 3.30. The maximum Gasteiger partial charge on any atom is 0.358 e. The number of rotatable bonds is 2. The zero-order valence-electron chi connectivity index (χ0n) is 6.68. The third-order valence-corrected chi connectivity index (χ3v) is 1.07. The highest BCUT2D eigenvalue weighted by molar-refractivity contribution is 5.87. The van der Waals surface area contributed by atoms with Crippen molar-refractivity contribution in [2.24, 2.45) is 0 Å². The highest BCUT2D eigenvalue weighted by atomic mass is 16.4. The first kappa shape index (κ1) is 9.04. The van der Waals surface area contributed by atoms with Gasteiger partial charge in [0.2, 0.25) is 11.9 Å². The summed E-state index contributed by atoms with van der Waals surface area (Å²) in [6, 6.07) is 0. The van der Waals surface area contributed by atoms with Crippen molar-refractivity contribution in [3.05, 3.63) is 11.9 Å². The van der Waals surface area contributed by atoms with Crippen LogP contribution in [-0.4, -0.2) is 32.2 Å². The van der Waals surface area contributed by atoms with Crippen LogP contribution in [0.3, 0.4) is 0 Å². The van der Waals surface area contributed by atoms with Gasteiger partial charge in [-0.1, -0.05) is 0 Å². The van der Waals surface area contributed by atoms with Crippen molar-refractivity contribution in [3.63, 3.8) is 0 Å². The number of anilines is 1. The molecule has 13 heavy (non-hydrogen) atoms. The maximum absolute atomic E-state index is 10.5. The quantitative estimate of drug-likeness (QED) is 0.640. The Kier molecular flexibility index (Phi) is 2.48. The van der Waals surface area contributed by atoms with Crippen molar-refractivity contribution in [2.45, 2.75) is 6.92 Å². The predicted octanol–water partition coefficient (Wildman–Crippen LogP) is -0.472. The summed E-state index contributed by atoms with van der Waals surface area (Å²) in [6.07, 6.45) is 1.01. The summed E-state index contributed by atoms with van der Waals surface area (Å²) < 4.78 is 0. The van der Waals surface area contributed by atoms with E-state index in [0.29, 0.717) is 0 Å². The first-order chi connectivity index (χ1) is 6.09. The van der Waals surface area contributed by atoms with Crippen LogP contribution in [0.1, 0.15) is 17.4 Å². The lowest BCUT2D eigenvalue weighted by Crippen LogP contribution is -2.12. The smallest absolute Gasteiger partial charge is 0.358 e. The van der Waals surface area contributed by atoms with Crippen molar-refractivity contribution in [2.75, 3.05) is 5.32 Å². The molecule has 0 saturated carbocycles. The number of carboxylic acids is 1. The van der Waals surface area contributed by atoms with Crippen LogP contribution >= 0.6 is 0 Å². The summed E-state index contributed by atoms with van der Waals surface area (Å²) >= 11 is 0. The average Bonchev–Trinajstić information content (AvgIpc) is 2.04. The van der Waals surface area contributed by atoms with Gasteiger partial charge < -0.3 is 5.11 Å². The lowest BCUT2D eigenvalue weighted by Gasteiger charge is -1.97. The number of amides is 1. The number of hydrogen-bond acceptors (Lipinski definition) is 5. The molecule has 0 bridgehead atoms. The van der Waals surface area contributed by atoms with E-state index in [2.05, 4.69) is 20.5 Å².